The molecule has 0 fully saturated rings. The van der Waals surface area contributed by atoms with E-state index in [4.69, 9.17) is 12.3 Å². The highest BCUT2D eigenvalue weighted by Gasteiger charge is 2.38. The van der Waals surface area contributed by atoms with E-state index in [2.05, 4.69) is 26.6 Å². The Morgan fingerprint density at radius 1 is 0.741 bits per heavy atom. The van der Waals surface area contributed by atoms with Crippen molar-refractivity contribution in [2.45, 2.75) is 136 Å². The van der Waals surface area contributed by atoms with E-state index < -0.39 is 131 Å². The zero-order valence-corrected chi connectivity index (χ0v) is 49.0. The number of aromatic nitrogens is 1. The molecule has 27 heteroatoms. The highest BCUT2D eigenvalue weighted by molar-refractivity contribution is 7.99. The Morgan fingerprint density at radius 3 is 2.07 bits per heavy atom. The van der Waals surface area contributed by atoms with Crippen LogP contribution in [0.3, 0.4) is 0 Å². The topological polar surface area (TPSA) is 355 Å². The fourth-order valence-electron chi connectivity index (χ4n) is 9.02. The quantitative estimate of drug-likeness (QED) is 0.0299. The third kappa shape index (κ3) is 23.2. The van der Waals surface area contributed by atoms with Gasteiger partial charge in [0.1, 0.15) is 35.8 Å². The minimum Gasteiger partial charge on any atom is -0.481 e. The number of unbranched alkanes of at least 4 members (excludes halogenated alkanes) is 2. The van der Waals surface area contributed by atoms with E-state index in [1.54, 1.807) is 17.2 Å². The summed E-state index contributed by atoms with van der Waals surface area (Å²) in [6, 6.07) is 7.57. The van der Waals surface area contributed by atoms with Crippen LogP contribution in [0.4, 0.5) is 8.78 Å². The Morgan fingerprint density at radius 2 is 1.42 bits per heavy atom. The van der Waals surface area contributed by atoms with Crippen LogP contribution in [0.25, 0.3) is 11.1 Å². The number of halogens is 2. The Hall–Kier alpha value is -8.49. The number of primary amides is 1. The molecule has 10 amide bonds. The second-order valence-electron chi connectivity index (χ2n) is 21.3. The van der Waals surface area contributed by atoms with Gasteiger partial charge in [0, 0.05) is 99.3 Å². The van der Waals surface area contributed by atoms with Crippen molar-refractivity contribution in [1.29, 1.82) is 0 Å². The minimum absolute atomic E-state index is 0.0243. The van der Waals surface area contributed by atoms with Crippen LogP contribution in [0, 0.1) is 17.0 Å². The van der Waals surface area contributed by atoms with Gasteiger partial charge in [-0.15, -0.1) is 0 Å². The molecule has 2 aromatic carbocycles. The molecule has 2 heterocycles. The van der Waals surface area contributed by atoms with Gasteiger partial charge in [-0.05, 0) is 74.8 Å². The molecule has 0 bridgehead atoms. The summed E-state index contributed by atoms with van der Waals surface area (Å²) in [5.41, 5.74) is 6.39. The number of rotatable bonds is 36. The van der Waals surface area contributed by atoms with E-state index in [0.29, 0.717) is 35.8 Å². The van der Waals surface area contributed by atoms with Crippen LogP contribution < -0.4 is 37.6 Å². The smallest absolute Gasteiger partial charge is 0.326 e. The van der Waals surface area contributed by atoms with Crippen molar-refractivity contribution in [2.24, 2.45) is 11.1 Å². The lowest BCUT2D eigenvalue weighted by Gasteiger charge is -2.41. The van der Waals surface area contributed by atoms with E-state index in [9.17, 15) is 67.0 Å². The van der Waals surface area contributed by atoms with E-state index in [0.717, 1.165) is 40.4 Å². The van der Waals surface area contributed by atoms with Crippen LogP contribution in [-0.4, -0.2) is 157 Å². The van der Waals surface area contributed by atoms with Crippen molar-refractivity contribution in [1.82, 2.24) is 46.3 Å². The molecule has 1 aliphatic heterocycles. The van der Waals surface area contributed by atoms with Gasteiger partial charge < -0.3 is 57.3 Å². The molecule has 85 heavy (non-hydrogen) atoms. The van der Waals surface area contributed by atoms with Gasteiger partial charge in [-0.1, -0.05) is 57.5 Å². The Kier molecular flexibility index (Phi) is 26.7. The summed E-state index contributed by atoms with van der Waals surface area (Å²) >= 11 is 1.12. The largest absolute Gasteiger partial charge is 0.481 e. The molecule has 0 unspecified atom stereocenters. The van der Waals surface area contributed by atoms with Crippen molar-refractivity contribution in [3.05, 3.63) is 95.8 Å². The number of nitrogens with zero attached hydrogens (tertiary/aromatic N) is 3. The standard InChI is InChI=1S/C58H76F2N10O14S/c1-35(64-47(73)15-10-7-11-26-69-49(75)19-20-50(69)76)54(80)65-36(2)55(81)67-43(31-45(61)71)56(82)63-24-12-27-70(51(77)34-85-28-23-46(72)62-25-22-48(74)66-42(57(83)84)18-21-52(78)79)53(58(3,4)5)44-29-38(40-30-39(59)16-17-41(40)60)33-68(44)32-37-13-8-6-9-14-37/h6,8-9,13-14,16-17,19-20,29-30,33,35-36,42-43,53H,7,10-12,15,18,21-28,31-32,34H2,1-5H3,(H2,61,71)(H,62,72)(H,63,82)(H,64,73)(H,65,80)(H,66,74)(H,67,81)(H,78,79)(H,83,84)/t35-,36-,42-,43-,53-/m0/s1/i/hD. The molecule has 10 N–H and O–H groups in total. The van der Waals surface area contributed by atoms with Crippen LogP contribution in [0.1, 0.15) is 116 Å². The monoisotopic (exact) mass is 1210 g/mol. The number of nitrogens with one attached hydrogen (secondary N) is 6. The molecule has 3 aromatic rings. The lowest BCUT2D eigenvalue weighted by atomic mass is 9.83. The summed E-state index contributed by atoms with van der Waals surface area (Å²) < 4.78 is 40.3. The molecule has 0 spiro atoms. The van der Waals surface area contributed by atoms with Crippen LogP contribution in [0.5, 0.6) is 0 Å². The summed E-state index contributed by atoms with van der Waals surface area (Å²) in [7, 11) is 0. The van der Waals surface area contributed by atoms with Gasteiger partial charge >= 0.3 is 11.9 Å². The average Bonchev–Trinajstić information content (AvgIpc) is 1.72. The molecule has 24 nitrogen and oxygen atoms in total. The molecule has 1 aromatic heterocycles. The SMILES string of the molecule is [2H]N(C(=O)CCCCCN1C(=O)C=CC1=O)[C@@H](C)C(=O)N[C@@H](C)C(=O)N[C@@H](CC(N)=O)C(=O)NCCCN(C(=O)CSCCC(=O)NCCC(=O)N[C@@H](CCC(=O)O)C(=O)O)[C@@H](c1cc(-c2cc(F)ccc2F)cn1Cc1ccccc1)C(C)(C)C. The zero-order valence-electron chi connectivity index (χ0n) is 49.2. The molecule has 462 valence electrons. The van der Waals surface area contributed by atoms with Crippen LogP contribution in [-0.2, 0) is 64.1 Å². The van der Waals surface area contributed by atoms with Gasteiger partial charge in [0.25, 0.3) is 11.8 Å². The van der Waals surface area contributed by atoms with Crippen LogP contribution in [0.2, 0.25) is 1.41 Å². The third-order valence-corrected chi connectivity index (χ3v) is 14.3. The molecule has 5 atom stereocenters. The van der Waals surface area contributed by atoms with E-state index in [1.165, 1.54) is 26.0 Å². The predicted octanol–water partition coefficient (Wildman–Crippen LogP) is 2.82. The van der Waals surface area contributed by atoms with Gasteiger partial charge in [0.15, 0.2) is 1.41 Å². The summed E-state index contributed by atoms with van der Waals surface area (Å²) in [4.78, 5) is 154. The lowest BCUT2D eigenvalue weighted by molar-refractivity contribution is -0.143. The number of carboxylic acids is 2. The summed E-state index contributed by atoms with van der Waals surface area (Å²) in [6.07, 6.45) is 3.26. The first-order chi connectivity index (χ1) is 40.6. The maximum atomic E-state index is 15.5. The second kappa shape index (κ2) is 33.7. The number of carbonyl (C=O) groups is 12. The lowest BCUT2D eigenvalue weighted by Crippen LogP contribution is -2.56. The minimum atomic E-state index is -1.54. The molecule has 1 aliphatic rings. The Bertz CT molecular complexity index is 2960. The number of carboxylic acid groups (broad SMARTS) is 2. The first-order valence-corrected chi connectivity index (χ1v) is 28.8. The molecular formula is C58H76F2N10O14S. The molecule has 0 saturated carbocycles. The average molecular weight is 1210 g/mol. The van der Waals surface area contributed by atoms with E-state index in [1.807, 2.05) is 55.7 Å². The Balaban J connectivity index is 1.46. The van der Waals surface area contributed by atoms with E-state index in [-0.39, 0.29) is 81.9 Å². The number of aliphatic carboxylic acids is 2. The molecule has 4 rings (SSSR count). The van der Waals surface area contributed by atoms with Crippen molar-refractivity contribution in [2.75, 3.05) is 37.7 Å². The number of nitrogens with two attached hydrogens (primary N) is 1. The predicted molar refractivity (Wildman–Crippen MR) is 308 cm³/mol. The molecular weight excluding hydrogens is 1130 g/mol. The van der Waals surface area contributed by atoms with Crippen molar-refractivity contribution < 1.29 is 77.9 Å². The summed E-state index contributed by atoms with van der Waals surface area (Å²) in [6.45, 7) is 8.29. The number of thioether (sulfide) groups is 1. The van der Waals surface area contributed by atoms with E-state index >= 15 is 4.39 Å². The molecule has 0 aliphatic carbocycles. The highest BCUT2D eigenvalue weighted by Crippen LogP contribution is 2.41. The Labute approximate surface area is 496 Å². The van der Waals surface area contributed by atoms with Crippen molar-refractivity contribution in [3.63, 3.8) is 0 Å². The number of hydrogen-bond donors (Lipinski definition) is 9. The summed E-state index contributed by atoms with van der Waals surface area (Å²) in [5, 5.41) is 31.0. The van der Waals surface area contributed by atoms with Gasteiger partial charge in [-0.3, -0.25) is 57.6 Å². The maximum absolute atomic E-state index is 15.5. The van der Waals surface area contributed by atoms with Crippen molar-refractivity contribution in [3.8, 4) is 11.1 Å². The van der Waals surface area contributed by atoms with Gasteiger partial charge in [-0.25, -0.2) is 13.6 Å². The number of benzene rings is 2. The number of imide groups is 1. The first-order valence-electron chi connectivity index (χ1n) is 28.1. The summed E-state index contributed by atoms with van der Waals surface area (Å²) in [5.74, 6) is -10.8. The second-order valence-corrected chi connectivity index (χ2v) is 22.4. The van der Waals surface area contributed by atoms with Crippen molar-refractivity contribution >= 4 is 82.8 Å². The molecule has 0 saturated heterocycles. The van der Waals surface area contributed by atoms with Gasteiger partial charge in [-0.2, -0.15) is 11.8 Å². The maximum Gasteiger partial charge on any atom is 0.326 e. The van der Waals surface area contributed by atoms with Crippen LogP contribution in [0.15, 0.2) is 72.9 Å². The fourth-order valence-corrected chi connectivity index (χ4v) is 9.83. The van der Waals surface area contributed by atoms with Gasteiger partial charge in [0.05, 0.1) is 18.2 Å². The number of amides is 10. The first kappa shape index (κ1) is 67.3. The third-order valence-electron chi connectivity index (χ3n) is 13.3. The number of carbonyl (C=O) groups excluding carboxylic acids is 10. The molecule has 0 radical (unpaired) electrons. The van der Waals surface area contributed by atoms with Crippen LogP contribution >= 0.6 is 11.8 Å². The fraction of sp³-hybridized carbons (Fsp3) is 0.483. The zero-order chi connectivity index (χ0) is 63.8. The number of hydrogen-bond acceptors (Lipinski definition) is 13. The normalized spacial score (nSPS) is 14.0. The van der Waals surface area contributed by atoms with Gasteiger partial charge in [0.2, 0.25) is 47.3 Å². The highest BCUT2D eigenvalue weighted by atomic mass is 32.2.